The van der Waals surface area contributed by atoms with Crippen LogP contribution in [0.2, 0.25) is 0 Å². The Kier molecular flexibility index (Phi) is 1.81. The molecule has 2 rings (SSSR count). The van der Waals surface area contributed by atoms with Crippen LogP contribution < -0.4 is 0 Å². The number of halogens is 1. The van der Waals surface area contributed by atoms with Crippen molar-refractivity contribution in [3.63, 3.8) is 0 Å². The highest BCUT2D eigenvalue weighted by atomic mass is 19.1. The molecule has 0 aromatic carbocycles. The Morgan fingerprint density at radius 2 is 2.31 bits per heavy atom. The molecule has 0 aliphatic heterocycles. The molecule has 0 saturated carbocycles. The summed E-state index contributed by atoms with van der Waals surface area (Å²) in [7, 11) is 0. The first-order valence-corrected chi connectivity index (χ1v) is 3.89. The van der Waals surface area contributed by atoms with Crippen LogP contribution in [0.25, 0.3) is 5.69 Å². The molecule has 2 heterocycles. The van der Waals surface area contributed by atoms with E-state index in [1.165, 1.54) is 6.07 Å². The standard InChI is InChI=1S/C9H8FN3/c1-7-9(10)5-8(6-11-7)13-4-2-3-12-13/h2-6H,1H3. The summed E-state index contributed by atoms with van der Waals surface area (Å²) in [4.78, 5) is 3.90. The molecule has 0 atom stereocenters. The van der Waals surface area contributed by atoms with E-state index in [2.05, 4.69) is 10.1 Å². The van der Waals surface area contributed by atoms with Crippen molar-refractivity contribution in [3.8, 4) is 5.69 Å². The van der Waals surface area contributed by atoms with Crippen LogP contribution in [0, 0.1) is 12.7 Å². The first kappa shape index (κ1) is 7.91. The van der Waals surface area contributed by atoms with Gasteiger partial charge in [-0.1, -0.05) is 0 Å². The van der Waals surface area contributed by atoms with Crippen molar-refractivity contribution in [1.29, 1.82) is 0 Å². The number of pyridine rings is 1. The van der Waals surface area contributed by atoms with Gasteiger partial charge in [-0.25, -0.2) is 9.07 Å². The summed E-state index contributed by atoms with van der Waals surface area (Å²) < 4.78 is 14.6. The fourth-order valence-corrected chi connectivity index (χ4v) is 1.04. The summed E-state index contributed by atoms with van der Waals surface area (Å²) in [5.41, 5.74) is 1.03. The fourth-order valence-electron chi connectivity index (χ4n) is 1.04. The minimum atomic E-state index is -0.312. The normalized spacial score (nSPS) is 10.3. The molecule has 0 amide bonds. The van der Waals surface area contributed by atoms with Crippen molar-refractivity contribution in [2.75, 3.05) is 0 Å². The van der Waals surface area contributed by atoms with Crippen LogP contribution >= 0.6 is 0 Å². The molecule has 0 N–H and O–H groups in total. The summed E-state index contributed by atoms with van der Waals surface area (Å²) in [5.74, 6) is -0.312. The minimum Gasteiger partial charge on any atom is -0.256 e. The zero-order chi connectivity index (χ0) is 9.26. The Labute approximate surface area is 74.8 Å². The zero-order valence-corrected chi connectivity index (χ0v) is 7.11. The lowest BCUT2D eigenvalue weighted by Gasteiger charge is -2.01. The van der Waals surface area contributed by atoms with E-state index in [0.717, 1.165) is 0 Å². The average Bonchev–Trinajstić information content (AvgIpc) is 2.62. The van der Waals surface area contributed by atoms with E-state index < -0.39 is 0 Å². The molecule has 2 aromatic heterocycles. The lowest BCUT2D eigenvalue weighted by Crippen LogP contribution is -1.97. The maximum absolute atomic E-state index is 13.1. The number of hydrogen-bond donors (Lipinski definition) is 0. The Hall–Kier alpha value is -1.71. The molecule has 4 heteroatoms. The molecular weight excluding hydrogens is 169 g/mol. The lowest BCUT2D eigenvalue weighted by molar-refractivity contribution is 0.607. The second-order valence-corrected chi connectivity index (χ2v) is 2.71. The summed E-state index contributed by atoms with van der Waals surface area (Å²) >= 11 is 0. The highest BCUT2D eigenvalue weighted by Gasteiger charge is 2.01. The largest absolute Gasteiger partial charge is 0.256 e. The van der Waals surface area contributed by atoms with E-state index in [1.807, 2.05) is 0 Å². The van der Waals surface area contributed by atoms with Crippen molar-refractivity contribution in [2.45, 2.75) is 6.92 Å². The van der Waals surface area contributed by atoms with E-state index in [9.17, 15) is 4.39 Å². The second-order valence-electron chi connectivity index (χ2n) is 2.71. The number of rotatable bonds is 1. The molecule has 0 aliphatic carbocycles. The molecule has 0 spiro atoms. The lowest BCUT2D eigenvalue weighted by atomic mass is 10.3. The maximum atomic E-state index is 13.1. The smallest absolute Gasteiger partial charge is 0.146 e. The van der Waals surface area contributed by atoms with Gasteiger partial charge in [0.25, 0.3) is 0 Å². The van der Waals surface area contributed by atoms with Crippen molar-refractivity contribution >= 4 is 0 Å². The highest BCUT2D eigenvalue weighted by molar-refractivity contribution is 5.29. The number of aromatic nitrogens is 3. The number of nitrogens with zero attached hydrogens (tertiary/aromatic N) is 3. The molecule has 0 saturated heterocycles. The SMILES string of the molecule is Cc1ncc(-n2cccn2)cc1F. The van der Waals surface area contributed by atoms with Gasteiger partial charge < -0.3 is 0 Å². The van der Waals surface area contributed by atoms with Gasteiger partial charge in [0.1, 0.15) is 5.82 Å². The summed E-state index contributed by atoms with van der Waals surface area (Å²) in [6.07, 6.45) is 4.97. The van der Waals surface area contributed by atoms with Crippen molar-refractivity contribution in [3.05, 3.63) is 42.2 Å². The van der Waals surface area contributed by atoms with Gasteiger partial charge in [0.15, 0.2) is 0 Å². The molecule has 0 fully saturated rings. The van der Waals surface area contributed by atoms with Gasteiger partial charge in [0.2, 0.25) is 0 Å². The summed E-state index contributed by atoms with van der Waals surface area (Å²) in [5, 5.41) is 3.97. The fraction of sp³-hybridized carbons (Fsp3) is 0.111. The maximum Gasteiger partial charge on any atom is 0.146 e. The third kappa shape index (κ3) is 1.42. The van der Waals surface area contributed by atoms with Crippen LogP contribution in [0.3, 0.4) is 0 Å². The zero-order valence-electron chi connectivity index (χ0n) is 7.11. The van der Waals surface area contributed by atoms with Crippen LogP contribution in [-0.4, -0.2) is 14.8 Å². The van der Waals surface area contributed by atoms with E-state index >= 15 is 0 Å². The molecule has 0 radical (unpaired) electrons. The molecule has 66 valence electrons. The topological polar surface area (TPSA) is 30.7 Å². The Bertz CT molecular complexity index is 409. The first-order chi connectivity index (χ1) is 6.27. The van der Waals surface area contributed by atoms with Crippen LogP contribution in [0.4, 0.5) is 4.39 Å². The molecule has 0 unspecified atom stereocenters. The minimum absolute atomic E-state index is 0.312. The van der Waals surface area contributed by atoms with Crippen LogP contribution in [-0.2, 0) is 0 Å². The molecule has 3 nitrogen and oxygen atoms in total. The van der Waals surface area contributed by atoms with Crippen LogP contribution in [0.15, 0.2) is 30.7 Å². The number of aryl methyl sites for hydroxylation is 1. The molecule has 0 aliphatic rings. The average molecular weight is 177 g/mol. The van der Waals surface area contributed by atoms with Gasteiger partial charge in [0.05, 0.1) is 17.6 Å². The second kappa shape index (κ2) is 2.97. The van der Waals surface area contributed by atoms with E-state index in [1.54, 1.807) is 36.3 Å². The van der Waals surface area contributed by atoms with Gasteiger partial charge >= 0.3 is 0 Å². The van der Waals surface area contributed by atoms with Gasteiger partial charge in [0, 0.05) is 18.5 Å². The predicted octanol–water partition coefficient (Wildman–Crippen LogP) is 1.71. The van der Waals surface area contributed by atoms with Gasteiger partial charge in [-0.3, -0.25) is 4.98 Å². The molecule has 0 bridgehead atoms. The Morgan fingerprint density at radius 1 is 1.46 bits per heavy atom. The summed E-state index contributed by atoms with van der Waals surface area (Å²) in [6, 6.07) is 3.19. The monoisotopic (exact) mass is 177 g/mol. The Morgan fingerprint density at radius 3 is 2.92 bits per heavy atom. The molecular formula is C9H8FN3. The van der Waals surface area contributed by atoms with Crippen LogP contribution in [0.5, 0.6) is 0 Å². The van der Waals surface area contributed by atoms with Crippen LogP contribution in [0.1, 0.15) is 5.69 Å². The van der Waals surface area contributed by atoms with E-state index in [-0.39, 0.29) is 5.82 Å². The first-order valence-electron chi connectivity index (χ1n) is 3.89. The van der Waals surface area contributed by atoms with Gasteiger partial charge in [-0.2, -0.15) is 5.10 Å². The summed E-state index contributed by atoms with van der Waals surface area (Å²) in [6.45, 7) is 1.63. The van der Waals surface area contributed by atoms with Gasteiger partial charge in [-0.05, 0) is 13.0 Å². The van der Waals surface area contributed by atoms with Crippen molar-refractivity contribution < 1.29 is 4.39 Å². The van der Waals surface area contributed by atoms with E-state index in [0.29, 0.717) is 11.4 Å². The Balaban J connectivity index is 2.49. The van der Waals surface area contributed by atoms with Crippen molar-refractivity contribution in [1.82, 2.24) is 14.8 Å². The third-order valence-corrected chi connectivity index (χ3v) is 1.78. The molecule has 2 aromatic rings. The van der Waals surface area contributed by atoms with Crippen molar-refractivity contribution in [2.24, 2.45) is 0 Å². The highest BCUT2D eigenvalue weighted by Crippen LogP contribution is 2.09. The molecule has 13 heavy (non-hydrogen) atoms. The quantitative estimate of drug-likeness (QED) is 0.664. The number of hydrogen-bond acceptors (Lipinski definition) is 2. The van der Waals surface area contributed by atoms with Gasteiger partial charge in [-0.15, -0.1) is 0 Å². The predicted molar refractivity (Wildman–Crippen MR) is 46.1 cm³/mol. The van der Waals surface area contributed by atoms with E-state index in [4.69, 9.17) is 0 Å². The third-order valence-electron chi connectivity index (χ3n) is 1.78.